The molecule has 140 valence electrons. The number of phenolic OH excluding ortho intramolecular Hbond substituents is 1. The van der Waals surface area contributed by atoms with Crippen molar-refractivity contribution in [3.63, 3.8) is 0 Å². The number of halogens is 1. The van der Waals surface area contributed by atoms with Crippen LogP contribution in [0.15, 0.2) is 66.7 Å². The average molecular weight is 377 g/mol. The number of hydrogen-bond acceptors (Lipinski definition) is 4. The zero-order valence-corrected chi connectivity index (χ0v) is 14.8. The van der Waals surface area contributed by atoms with Gasteiger partial charge in [0.1, 0.15) is 23.1 Å². The molecule has 1 fully saturated rings. The highest BCUT2D eigenvalue weighted by atomic mass is 19.1. The summed E-state index contributed by atoms with van der Waals surface area (Å²) in [6.07, 6.45) is 0. The summed E-state index contributed by atoms with van der Waals surface area (Å²) in [5.74, 6) is -0.913. The highest BCUT2D eigenvalue weighted by Crippen LogP contribution is 2.40. The molecule has 6 heteroatoms. The maximum absolute atomic E-state index is 13.7. The predicted octanol–water partition coefficient (Wildman–Crippen LogP) is 5.12. The van der Waals surface area contributed by atoms with E-state index in [1.54, 1.807) is 54.6 Å². The molecule has 0 radical (unpaired) electrons. The summed E-state index contributed by atoms with van der Waals surface area (Å²) in [5, 5.41) is 9.55. The molecule has 1 saturated heterocycles. The minimum absolute atomic E-state index is 0.157. The third-order valence-corrected chi connectivity index (χ3v) is 4.47. The van der Waals surface area contributed by atoms with Crippen LogP contribution in [0.5, 0.6) is 17.2 Å². The van der Waals surface area contributed by atoms with E-state index in [0.29, 0.717) is 19.0 Å². The van der Waals surface area contributed by atoms with Crippen LogP contribution in [0.1, 0.15) is 11.1 Å². The highest BCUT2D eigenvalue weighted by Gasteiger charge is 2.40. The van der Waals surface area contributed by atoms with Crippen molar-refractivity contribution in [1.82, 2.24) is 0 Å². The molecule has 0 spiro atoms. The Morgan fingerprint density at radius 1 is 0.929 bits per heavy atom. The number of para-hydroxylation sites is 1. The molecular weight excluding hydrogens is 361 g/mol. The smallest absolute Gasteiger partial charge is 0.263 e. The fourth-order valence-electron chi connectivity index (χ4n) is 3.15. The molecule has 3 aromatic carbocycles. The quantitative estimate of drug-likeness (QED) is 0.641. The zero-order valence-electron chi connectivity index (χ0n) is 14.8. The van der Waals surface area contributed by atoms with E-state index in [4.69, 9.17) is 20.8 Å². The van der Waals surface area contributed by atoms with Crippen molar-refractivity contribution in [3.8, 4) is 17.2 Å². The van der Waals surface area contributed by atoms with Crippen LogP contribution in [0.25, 0.3) is 4.85 Å². The molecule has 5 nitrogen and oxygen atoms in total. The van der Waals surface area contributed by atoms with Crippen LogP contribution >= 0.6 is 0 Å². The van der Waals surface area contributed by atoms with E-state index in [0.717, 1.165) is 11.1 Å². The van der Waals surface area contributed by atoms with Crippen molar-refractivity contribution in [2.45, 2.75) is 5.79 Å². The number of nitrogens with zero attached hydrogens (tertiary/aromatic N) is 1. The molecule has 1 heterocycles. The number of benzene rings is 3. The summed E-state index contributed by atoms with van der Waals surface area (Å²) >= 11 is 0. The monoisotopic (exact) mass is 377 g/mol. The second-order valence-electron chi connectivity index (χ2n) is 6.19. The van der Waals surface area contributed by atoms with Crippen molar-refractivity contribution < 1.29 is 23.7 Å². The molecule has 0 saturated carbocycles. The number of hydrogen-bond donors (Lipinski definition) is 1. The van der Waals surface area contributed by atoms with E-state index in [-0.39, 0.29) is 17.2 Å². The Labute approximate surface area is 161 Å². The fourth-order valence-corrected chi connectivity index (χ4v) is 3.15. The first kappa shape index (κ1) is 18.0. The number of phenols is 1. The Balaban J connectivity index is 1.65. The van der Waals surface area contributed by atoms with Gasteiger partial charge in [-0.05, 0) is 60.7 Å². The third-order valence-electron chi connectivity index (χ3n) is 4.47. The SMILES string of the molecule is [C-]#[N+]c1c(F)cccc1Oc1ccc(C2(c3ccc(O)cc3)OCCO2)cc1. The van der Waals surface area contributed by atoms with Gasteiger partial charge in [0.05, 0.1) is 19.8 Å². The van der Waals surface area contributed by atoms with Crippen molar-refractivity contribution in [3.05, 3.63) is 95.1 Å². The van der Waals surface area contributed by atoms with Crippen LogP contribution in [0.3, 0.4) is 0 Å². The summed E-state index contributed by atoms with van der Waals surface area (Å²) in [4.78, 5) is 3.19. The molecule has 1 aliphatic rings. The molecule has 0 atom stereocenters. The minimum Gasteiger partial charge on any atom is -0.508 e. The lowest BCUT2D eigenvalue weighted by atomic mass is 9.97. The number of rotatable bonds is 4. The molecule has 1 N–H and O–H groups in total. The zero-order chi connectivity index (χ0) is 19.6. The Kier molecular flexibility index (Phi) is 4.70. The van der Waals surface area contributed by atoms with Crippen molar-refractivity contribution in [1.29, 1.82) is 0 Å². The first-order valence-electron chi connectivity index (χ1n) is 8.64. The van der Waals surface area contributed by atoms with Gasteiger partial charge in [-0.3, -0.25) is 0 Å². The Bertz CT molecular complexity index is 1020. The van der Waals surface area contributed by atoms with Gasteiger partial charge in [-0.1, -0.05) is 6.07 Å². The lowest BCUT2D eigenvalue weighted by Gasteiger charge is -2.28. The van der Waals surface area contributed by atoms with E-state index in [1.807, 2.05) is 0 Å². The summed E-state index contributed by atoms with van der Waals surface area (Å²) in [6.45, 7) is 8.01. The molecule has 4 rings (SSSR count). The largest absolute Gasteiger partial charge is 0.508 e. The van der Waals surface area contributed by atoms with Gasteiger partial charge in [-0.25, -0.2) is 9.24 Å². The molecule has 28 heavy (non-hydrogen) atoms. The van der Waals surface area contributed by atoms with Crippen LogP contribution in [0.2, 0.25) is 0 Å². The Morgan fingerprint density at radius 3 is 2.14 bits per heavy atom. The van der Waals surface area contributed by atoms with E-state index < -0.39 is 11.6 Å². The third kappa shape index (κ3) is 3.18. The fraction of sp³-hybridized carbons (Fsp3) is 0.136. The Hall–Kier alpha value is -3.40. The first-order valence-corrected chi connectivity index (χ1v) is 8.64. The van der Waals surface area contributed by atoms with Gasteiger partial charge >= 0.3 is 0 Å². The second-order valence-corrected chi connectivity index (χ2v) is 6.19. The second kappa shape index (κ2) is 7.31. The van der Waals surface area contributed by atoms with Gasteiger partial charge < -0.3 is 19.3 Å². The molecule has 0 unspecified atom stereocenters. The lowest BCUT2D eigenvalue weighted by Crippen LogP contribution is -2.28. The van der Waals surface area contributed by atoms with Gasteiger partial charge in [0.15, 0.2) is 0 Å². The minimum atomic E-state index is -1.06. The molecule has 0 bridgehead atoms. The molecule has 0 aromatic heterocycles. The van der Waals surface area contributed by atoms with Crippen LogP contribution in [-0.2, 0) is 15.3 Å². The maximum Gasteiger partial charge on any atom is 0.263 e. The standard InChI is InChI=1S/C22H16FNO4/c1-24-21-19(23)3-2-4-20(21)28-18-11-7-16(8-12-18)22(26-13-14-27-22)15-5-9-17(25)10-6-15/h2-12,25H,13-14H2. The van der Waals surface area contributed by atoms with Gasteiger partial charge in [0.25, 0.3) is 5.69 Å². The van der Waals surface area contributed by atoms with Gasteiger partial charge in [0.2, 0.25) is 5.79 Å². The van der Waals surface area contributed by atoms with Crippen molar-refractivity contribution >= 4 is 5.69 Å². The molecular formula is C22H16FNO4. The Morgan fingerprint density at radius 2 is 1.54 bits per heavy atom. The van der Waals surface area contributed by atoms with Crippen LogP contribution in [-0.4, -0.2) is 18.3 Å². The van der Waals surface area contributed by atoms with E-state index in [9.17, 15) is 9.50 Å². The first-order chi connectivity index (χ1) is 13.6. The summed E-state index contributed by atoms with van der Waals surface area (Å²) in [7, 11) is 0. The van der Waals surface area contributed by atoms with Gasteiger partial charge in [0, 0.05) is 11.1 Å². The molecule has 1 aliphatic heterocycles. The van der Waals surface area contributed by atoms with Crippen molar-refractivity contribution in [2.24, 2.45) is 0 Å². The summed E-state index contributed by atoms with van der Waals surface area (Å²) < 4.78 is 31.3. The molecule has 3 aromatic rings. The van der Waals surface area contributed by atoms with Crippen LogP contribution in [0, 0.1) is 12.4 Å². The van der Waals surface area contributed by atoms with Gasteiger partial charge in [-0.15, -0.1) is 0 Å². The van der Waals surface area contributed by atoms with Crippen molar-refractivity contribution in [2.75, 3.05) is 13.2 Å². The lowest BCUT2D eigenvalue weighted by molar-refractivity contribution is -0.129. The predicted molar refractivity (Wildman–Crippen MR) is 100.0 cm³/mol. The van der Waals surface area contributed by atoms with Crippen LogP contribution < -0.4 is 4.74 Å². The van der Waals surface area contributed by atoms with E-state index in [1.165, 1.54) is 12.1 Å². The van der Waals surface area contributed by atoms with E-state index in [2.05, 4.69) is 4.85 Å². The molecule has 0 aliphatic carbocycles. The highest BCUT2D eigenvalue weighted by molar-refractivity contribution is 5.59. The van der Waals surface area contributed by atoms with E-state index >= 15 is 0 Å². The summed E-state index contributed by atoms with van der Waals surface area (Å²) in [5.41, 5.74) is 1.36. The number of aromatic hydroxyl groups is 1. The van der Waals surface area contributed by atoms with Crippen LogP contribution in [0.4, 0.5) is 10.1 Å². The summed E-state index contributed by atoms with van der Waals surface area (Å²) in [6, 6.07) is 17.9. The normalized spacial score (nSPS) is 15.1. The topological polar surface area (TPSA) is 52.3 Å². The van der Waals surface area contributed by atoms with Gasteiger partial charge in [-0.2, -0.15) is 0 Å². The molecule has 0 amide bonds. The maximum atomic E-state index is 13.7. The number of ether oxygens (including phenoxy) is 3. The average Bonchev–Trinajstić information content (AvgIpc) is 3.20.